The van der Waals surface area contributed by atoms with E-state index in [9.17, 15) is 4.79 Å². The number of aldehydes is 1. The van der Waals surface area contributed by atoms with Crippen LogP contribution in [-0.4, -0.2) is 35.1 Å². The molecular weight excluding hydrogens is 376 g/mol. The maximum absolute atomic E-state index is 11.1. The molecule has 30 heavy (non-hydrogen) atoms. The third-order valence-corrected chi connectivity index (χ3v) is 5.97. The molecule has 1 aliphatic carbocycles. The third kappa shape index (κ3) is 2.97. The summed E-state index contributed by atoms with van der Waals surface area (Å²) in [7, 11) is 0. The van der Waals surface area contributed by atoms with Crippen LogP contribution >= 0.6 is 0 Å². The zero-order valence-corrected chi connectivity index (χ0v) is 16.5. The molecule has 2 aliphatic rings. The molecule has 0 atom stereocenters. The SMILES string of the molecule is N=Cc1c(N)ccc2c1CCC(C1=CCOCC1)=C2c1ccn2cc(C=O)nc2c1. The van der Waals surface area contributed by atoms with Crippen molar-refractivity contribution in [2.24, 2.45) is 0 Å². The molecule has 0 radical (unpaired) electrons. The Kier molecular flexibility index (Phi) is 4.56. The monoisotopic (exact) mass is 398 g/mol. The van der Waals surface area contributed by atoms with Crippen molar-refractivity contribution in [3.8, 4) is 0 Å². The lowest BCUT2D eigenvalue weighted by Crippen LogP contribution is -2.14. The molecule has 0 fully saturated rings. The number of nitrogens with two attached hydrogens (primary N) is 1. The Morgan fingerprint density at radius 2 is 2.10 bits per heavy atom. The minimum atomic E-state index is 0.413. The summed E-state index contributed by atoms with van der Waals surface area (Å²) >= 11 is 0. The molecule has 5 rings (SSSR count). The molecule has 2 aromatic heterocycles. The summed E-state index contributed by atoms with van der Waals surface area (Å²) in [5.74, 6) is 0. The Morgan fingerprint density at radius 3 is 2.87 bits per heavy atom. The lowest BCUT2D eigenvalue weighted by atomic mass is 9.77. The standard InChI is InChI=1S/C24H22N4O2/c25-12-21-19-2-1-18(15-6-9-30-10-7-15)24(20(19)3-4-22(21)26)16-5-8-28-13-17(14-29)27-23(28)11-16/h3-6,8,11-14,25H,1-2,7,9-10,26H2. The number of aromatic nitrogens is 2. The van der Waals surface area contributed by atoms with Crippen LogP contribution in [0.1, 0.15) is 45.6 Å². The van der Waals surface area contributed by atoms with E-state index in [0.717, 1.165) is 65.6 Å². The molecule has 6 nitrogen and oxygen atoms in total. The second-order valence-electron chi connectivity index (χ2n) is 7.61. The van der Waals surface area contributed by atoms with Crippen LogP contribution in [0.15, 0.2) is 53.9 Å². The number of rotatable bonds is 4. The predicted octanol–water partition coefficient (Wildman–Crippen LogP) is 3.82. The maximum atomic E-state index is 11.1. The second kappa shape index (κ2) is 7.39. The van der Waals surface area contributed by atoms with Crippen molar-refractivity contribution in [1.82, 2.24) is 9.38 Å². The highest BCUT2D eigenvalue weighted by atomic mass is 16.5. The van der Waals surface area contributed by atoms with Crippen LogP contribution in [0.25, 0.3) is 11.2 Å². The molecule has 150 valence electrons. The Bertz CT molecular complexity index is 1250. The van der Waals surface area contributed by atoms with Crippen LogP contribution in [0.4, 0.5) is 5.69 Å². The summed E-state index contributed by atoms with van der Waals surface area (Å²) in [6, 6.07) is 8.05. The number of imidazole rings is 1. The summed E-state index contributed by atoms with van der Waals surface area (Å²) in [6.45, 7) is 1.36. The number of hydrogen-bond donors (Lipinski definition) is 2. The van der Waals surface area contributed by atoms with Gasteiger partial charge in [0.2, 0.25) is 0 Å². The molecule has 3 aromatic rings. The van der Waals surface area contributed by atoms with Gasteiger partial charge >= 0.3 is 0 Å². The third-order valence-electron chi connectivity index (χ3n) is 5.97. The average molecular weight is 398 g/mol. The predicted molar refractivity (Wildman–Crippen MR) is 117 cm³/mol. The number of nitrogens with zero attached hydrogens (tertiary/aromatic N) is 2. The Morgan fingerprint density at radius 1 is 1.20 bits per heavy atom. The Labute approximate surface area is 174 Å². The van der Waals surface area contributed by atoms with Crippen molar-refractivity contribution >= 4 is 29.4 Å². The van der Waals surface area contributed by atoms with Crippen LogP contribution in [-0.2, 0) is 11.2 Å². The number of benzene rings is 1. The van der Waals surface area contributed by atoms with Gasteiger partial charge in [0.1, 0.15) is 11.3 Å². The molecule has 1 aromatic carbocycles. The lowest BCUT2D eigenvalue weighted by Gasteiger charge is -2.28. The van der Waals surface area contributed by atoms with Crippen LogP contribution in [0, 0.1) is 5.41 Å². The van der Waals surface area contributed by atoms with Gasteiger partial charge in [-0.2, -0.15) is 0 Å². The summed E-state index contributed by atoms with van der Waals surface area (Å²) in [4.78, 5) is 15.6. The van der Waals surface area contributed by atoms with Crippen molar-refractivity contribution in [3.05, 3.63) is 81.8 Å². The maximum Gasteiger partial charge on any atom is 0.170 e. The van der Waals surface area contributed by atoms with E-state index in [4.69, 9.17) is 15.9 Å². The van der Waals surface area contributed by atoms with E-state index in [1.165, 1.54) is 17.4 Å². The van der Waals surface area contributed by atoms with Crippen molar-refractivity contribution in [2.75, 3.05) is 18.9 Å². The number of fused-ring (bicyclic) bond motifs is 2. The number of nitrogens with one attached hydrogen (secondary N) is 1. The highest BCUT2D eigenvalue weighted by molar-refractivity contribution is 5.95. The number of hydrogen-bond acceptors (Lipinski definition) is 5. The molecule has 6 heteroatoms. The van der Waals surface area contributed by atoms with E-state index < -0.39 is 0 Å². The summed E-state index contributed by atoms with van der Waals surface area (Å²) in [6.07, 6.45) is 10.6. The fourth-order valence-corrected chi connectivity index (χ4v) is 4.56. The summed E-state index contributed by atoms with van der Waals surface area (Å²) in [5.41, 5.74) is 15.8. The Balaban J connectivity index is 1.77. The first-order chi connectivity index (χ1) is 14.7. The molecule has 0 amide bonds. The molecule has 3 N–H and O–H groups in total. The van der Waals surface area contributed by atoms with Crippen molar-refractivity contribution in [1.29, 1.82) is 5.41 Å². The largest absolute Gasteiger partial charge is 0.398 e. The number of anilines is 1. The normalized spacial score (nSPS) is 16.3. The van der Waals surface area contributed by atoms with Crippen LogP contribution in [0.5, 0.6) is 0 Å². The van der Waals surface area contributed by atoms with Gasteiger partial charge in [0.25, 0.3) is 0 Å². The van der Waals surface area contributed by atoms with Gasteiger partial charge in [-0.25, -0.2) is 4.98 Å². The van der Waals surface area contributed by atoms with Crippen LogP contribution in [0.3, 0.4) is 0 Å². The second-order valence-corrected chi connectivity index (χ2v) is 7.61. The molecule has 3 heterocycles. The van der Waals surface area contributed by atoms with Gasteiger partial charge in [0.15, 0.2) is 6.29 Å². The number of allylic oxidation sites excluding steroid dienone is 1. The molecule has 0 bridgehead atoms. The fraction of sp³-hybridized carbons (Fsp3) is 0.208. The average Bonchev–Trinajstić information content (AvgIpc) is 3.21. The Hall–Kier alpha value is -3.51. The first-order valence-electron chi connectivity index (χ1n) is 10.1. The zero-order valence-electron chi connectivity index (χ0n) is 16.5. The summed E-state index contributed by atoms with van der Waals surface area (Å²) in [5, 5.41) is 7.88. The van der Waals surface area contributed by atoms with Crippen LogP contribution < -0.4 is 5.73 Å². The molecule has 1 aliphatic heterocycles. The molecule has 0 unspecified atom stereocenters. The van der Waals surface area contributed by atoms with Crippen molar-refractivity contribution in [3.63, 3.8) is 0 Å². The highest BCUT2D eigenvalue weighted by Crippen LogP contribution is 2.42. The topological polar surface area (TPSA) is 93.5 Å². The van der Waals surface area contributed by atoms with Gasteiger partial charge in [-0.1, -0.05) is 12.1 Å². The number of carbonyl (C=O) groups excluding carboxylic acids is 1. The minimum absolute atomic E-state index is 0.413. The van der Waals surface area contributed by atoms with E-state index in [0.29, 0.717) is 18.0 Å². The minimum Gasteiger partial charge on any atom is -0.398 e. The van der Waals surface area contributed by atoms with Gasteiger partial charge in [-0.3, -0.25) is 4.79 Å². The lowest BCUT2D eigenvalue weighted by molar-refractivity contribution is 0.111. The van der Waals surface area contributed by atoms with Crippen molar-refractivity contribution < 1.29 is 9.53 Å². The van der Waals surface area contributed by atoms with Gasteiger partial charge in [-0.05, 0) is 70.9 Å². The molecule has 0 saturated heterocycles. The fourth-order valence-electron chi connectivity index (χ4n) is 4.56. The number of ether oxygens (including phenoxy) is 1. The van der Waals surface area contributed by atoms with Crippen LogP contribution in [0.2, 0.25) is 0 Å². The molecule has 0 spiro atoms. The number of pyridine rings is 1. The van der Waals surface area contributed by atoms with Gasteiger partial charge in [0, 0.05) is 29.9 Å². The first kappa shape index (κ1) is 18.5. The van der Waals surface area contributed by atoms with Crippen molar-refractivity contribution in [2.45, 2.75) is 19.3 Å². The number of nitrogen functional groups attached to an aromatic ring is 1. The smallest absolute Gasteiger partial charge is 0.170 e. The van der Waals surface area contributed by atoms with E-state index in [1.807, 2.05) is 22.7 Å². The summed E-state index contributed by atoms with van der Waals surface area (Å²) < 4.78 is 7.39. The highest BCUT2D eigenvalue weighted by Gasteiger charge is 2.26. The number of carbonyl (C=O) groups is 1. The van der Waals surface area contributed by atoms with Gasteiger partial charge in [-0.15, -0.1) is 0 Å². The van der Waals surface area contributed by atoms with E-state index in [1.54, 1.807) is 6.20 Å². The molecule has 0 saturated carbocycles. The van der Waals surface area contributed by atoms with E-state index in [2.05, 4.69) is 23.2 Å². The van der Waals surface area contributed by atoms with E-state index >= 15 is 0 Å². The van der Waals surface area contributed by atoms with Gasteiger partial charge in [0.05, 0.1) is 13.2 Å². The first-order valence-corrected chi connectivity index (χ1v) is 10.1. The zero-order chi connectivity index (χ0) is 20.7. The molecular formula is C24H22N4O2. The van der Waals surface area contributed by atoms with Gasteiger partial charge < -0.3 is 20.3 Å². The van der Waals surface area contributed by atoms with E-state index in [-0.39, 0.29) is 0 Å². The quantitative estimate of drug-likeness (QED) is 0.397.